The summed E-state index contributed by atoms with van der Waals surface area (Å²) >= 11 is 0. The Morgan fingerprint density at radius 2 is 1.96 bits per heavy atom. The van der Waals surface area contributed by atoms with Crippen LogP contribution in [0.4, 0.5) is 11.6 Å². The fraction of sp³-hybridized carbons (Fsp3) is 0.389. The summed E-state index contributed by atoms with van der Waals surface area (Å²) in [6.45, 7) is 2.90. The van der Waals surface area contributed by atoms with Gasteiger partial charge in [-0.15, -0.1) is 0 Å². The van der Waals surface area contributed by atoms with Gasteiger partial charge in [-0.2, -0.15) is 4.98 Å². The summed E-state index contributed by atoms with van der Waals surface area (Å²) in [6, 6.07) is 7.87. The normalized spacial score (nSPS) is 10.5. The van der Waals surface area contributed by atoms with Crippen LogP contribution in [0.5, 0.6) is 5.88 Å². The summed E-state index contributed by atoms with van der Waals surface area (Å²) in [5.74, 6) is -0.244. The number of aromatic amines is 1. The van der Waals surface area contributed by atoms with Gasteiger partial charge in [-0.25, -0.2) is 0 Å². The van der Waals surface area contributed by atoms with E-state index in [4.69, 9.17) is 0 Å². The number of carbonyl (C=O) groups is 1. The molecule has 0 aliphatic heterocycles. The average Bonchev–Trinajstić information content (AvgIpc) is 2.57. The molecule has 0 radical (unpaired) electrons. The minimum absolute atomic E-state index is 0.0214. The maximum Gasteiger partial charge on any atom is 0.256 e. The highest BCUT2D eigenvalue weighted by Crippen LogP contribution is 2.15. The molecule has 0 fully saturated rings. The van der Waals surface area contributed by atoms with Crippen LogP contribution in [-0.2, 0) is 0 Å². The fourth-order valence-corrected chi connectivity index (χ4v) is 2.43. The maximum absolute atomic E-state index is 12.4. The molecule has 1 aromatic heterocycles. The molecule has 2 rings (SSSR count). The first-order valence-corrected chi connectivity index (χ1v) is 8.42. The molecule has 0 saturated carbocycles. The van der Waals surface area contributed by atoms with Crippen molar-refractivity contribution in [3.63, 3.8) is 0 Å². The zero-order chi connectivity index (χ0) is 18.2. The Bertz CT molecular complexity index is 756. The van der Waals surface area contributed by atoms with Gasteiger partial charge in [0.1, 0.15) is 0 Å². The van der Waals surface area contributed by atoms with Crippen molar-refractivity contribution in [2.24, 2.45) is 0 Å². The minimum atomic E-state index is -0.452. The Balaban J connectivity index is 1.96. The zero-order valence-corrected chi connectivity index (χ0v) is 14.6. The van der Waals surface area contributed by atoms with Crippen molar-refractivity contribution in [2.45, 2.75) is 32.6 Å². The molecule has 134 valence electrons. The highest BCUT2D eigenvalue weighted by atomic mass is 16.3. The van der Waals surface area contributed by atoms with Crippen LogP contribution < -0.4 is 10.9 Å². The second kappa shape index (κ2) is 8.86. The molecule has 0 aliphatic carbocycles. The third-order valence-corrected chi connectivity index (χ3v) is 3.82. The van der Waals surface area contributed by atoms with Crippen LogP contribution in [0.1, 0.15) is 43.0 Å². The van der Waals surface area contributed by atoms with Crippen LogP contribution in [0.2, 0.25) is 0 Å². The number of nitrogens with one attached hydrogen (secondary N) is 2. The fourth-order valence-electron chi connectivity index (χ4n) is 2.43. The van der Waals surface area contributed by atoms with Gasteiger partial charge in [0.05, 0.1) is 6.07 Å². The summed E-state index contributed by atoms with van der Waals surface area (Å²) in [6.07, 6.45) is 4.50. The van der Waals surface area contributed by atoms with E-state index in [1.807, 2.05) is 7.05 Å². The van der Waals surface area contributed by atoms with Crippen molar-refractivity contribution < 1.29 is 9.90 Å². The third kappa shape index (κ3) is 5.63. The number of hydrogen-bond acceptors (Lipinski definition) is 5. The Hall–Kier alpha value is -2.83. The Kier molecular flexibility index (Phi) is 6.56. The Morgan fingerprint density at radius 3 is 2.60 bits per heavy atom. The largest absolute Gasteiger partial charge is 0.493 e. The van der Waals surface area contributed by atoms with Gasteiger partial charge in [-0.3, -0.25) is 14.6 Å². The minimum Gasteiger partial charge on any atom is -0.493 e. The molecule has 1 amide bonds. The smallest absolute Gasteiger partial charge is 0.256 e. The molecule has 7 heteroatoms. The predicted octanol–water partition coefficient (Wildman–Crippen LogP) is 2.87. The lowest BCUT2D eigenvalue weighted by Gasteiger charge is -2.17. The number of carbonyl (C=O) groups excluding carboxylic acids is 1. The highest BCUT2D eigenvalue weighted by molar-refractivity contribution is 5.94. The van der Waals surface area contributed by atoms with Crippen molar-refractivity contribution in [1.82, 2.24) is 14.9 Å². The van der Waals surface area contributed by atoms with Crippen LogP contribution in [0.3, 0.4) is 0 Å². The highest BCUT2D eigenvalue weighted by Gasteiger charge is 2.11. The van der Waals surface area contributed by atoms with Crippen LogP contribution in [0.15, 0.2) is 35.1 Å². The summed E-state index contributed by atoms with van der Waals surface area (Å²) < 4.78 is 0. The number of unbranched alkanes of at least 4 members (excludes halogenated alkanes) is 3. The van der Waals surface area contributed by atoms with Crippen LogP contribution >= 0.6 is 0 Å². The lowest BCUT2D eigenvalue weighted by atomic mass is 10.1. The van der Waals surface area contributed by atoms with E-state index in [-0.39, 0.29) is 17.7 Å². The van der Waals surface area contributed by atoms with Crippen molar-refractivity contribution in [3.8, 4) is 5.88 Å². The molecular weight excluding hydrogens is 320 g/mol. The van der Waals surface area contributed by atoms with Crippen molar-refractivity contribution >= 4 is 17.5 Å². The Labute approximate surface area is 146 Å². The summed E-state index contributed by atoms with van der Waals surface area (Å²) in [5.41, 5.74) is 0.795. The number of benzene rings is 1. The number of hydrogen-bond donors (Lipinski definition) is 3. The molecule has 25 heavy (non-hydrogen) atoms. The lowest BCUT2D eigenvalue weighted by Crippen LogP contribution is -2.27. The molecule has 2 aromatic rings. The number of nitrogens with zero attached hydrogens (tertiary/aromatic N) is 2. The van der Waals surface area contributed by atoms with Gasteiger partial charge in [0.25, 0.3) is 11.5 Å². The van der Waals surface area contributed by atoms with Gasteiger partial charge in [0.2, 0.25) is 11.8 Å². The molecule has 0 bridgehead atoms. The molecule has 3 N–H and O–H groups in total. The van der Waals surface area contributed by atoms with Crippen molar-refractivity contribution in [3.05, 3.63) is 46.2 Å². The van der Waals surface area contributed by atoms with Gasteiger partial charge in [-0.05, 0) is 30.7 Å². The van der Waals surface area contributed by atoms with Crippen LogP contribution in [0, 0.1) is 0 Å². The number of rotatable bonds is 8. The quantitative estimate of drug-likeness (QED) is 0.640. The van der Waals surface area contributed by atoms with E-state index in [0.29, 0.717) is 11.3 Å². The topological polar surface area (TPSA) is 98.3 Å². The number of amides is 1. The molecule has 0 aliphatic rings. The van der Waals surface area contributed by atoms with Gasteiger partial charge in [0, 0.05) is 24.8 Å². The number of aromatic nitrogens is 2. The van der Waals surface area contributed by atoms with Gasteiger partial charge in [-0.1, -0.05) is 26.2 Å². The average molecular weight is 344 g/mol. The number of H-pyrrole nitrogens is 1. The maximum atomic E-state index is 12.4. The van der Waals surface area contributed by atoms with E-state index in [1.165, 1.54) is 12.8 Å². The van der Waals surface area contributed by atoms with E-state index in [1.54, 1.807) is 29.2 Å². The van der Waals surface area contributed by atoms with E-state index >= 15 is 0 Å². The number of aromatic hydroxyl groups is 1. The standard InChI is InChI=1S/C18H24N4O3/c1-3-4-5-6-11-22(2)17(25)13-7-9-14(10-8-13)19-18-20-15(23)12-16(24)21-18/h7-10,12H,3-6,11H2,1-2H3,(H3,19,20,21,23,24). The van der Waals surface area contributed by atoms with E-state index < -0.39 is 5.56 Å². The molecule has 1 heterocycles. The SMILES string of the molecule is CCCCCCN(C)C(=O)c1ccc(Nc2nc(O)cc(=O)[nH]2)cc1. The molecule has 0 unspecified atom stereocenters. The molecule has 0 spiro atoms. The monoisotopic (exact) mass is 344 g/mol. The first-order valence-electron chi connectivity index (χ1n) is 8.42. The molecule has 1 aromatic carbocycles. The van der Waals surface area contributed by atoms with Crippen molar-refractivity contribution in [2.75, 3.05) is 18.9 Å². The predicted molar refractivity (Wildman–Crippen MR) is 97.3 cm³/mol. The number of anilines is 2. The second-order valence-electron chi connectivity index (χ2n) is 5.94. The van der Waals surface area contributed by atoms with Gasteiger partial charge in [0.15, 0.2) is 0 Å². The molecule has 7 nitrogen and oxygen atoms in total. The van der Waals surface area contributed by atoms with Gasteiger partial charge >= 0.3 is 0 Å². The molecule has 0 atom stereocenters. The first-order chi connectivity index (χ1) is 12.0. The molecule has 0 saturated heterocycles. The summed E-state index contributed by atoms with van der Waals surface area (Å²) in [4.78, 5) is 31.7. The van der Waals surface area contributed by atoms with Crippen molar-refractivity contribution in [1.29, 1.82) is 0 Å². The zero-order valence-electron chi connectivity index (χ0n) is 14.6. The van der Waals surface area contributed by atoms with E-state index in [9.17, 15) is 14.7 Å². The lowest BCUT2D eigenvalue weighted by molar-refractivity contribution is 0.0792. The second-order valence-corrected chi connectivity index (χ2v) is 5.94. The Morgan fingerprint density at radius 1 is 1.24 bits per heavy atom. The summed E-state index contributed by atoms with van der Waals surface area (Å²) in [5, 5.41) is 12.2. The third-order valence-electron chi connectivity index (χ3n) is 3.82. The first kappa shape index (κ1) is 18.5. The van der Waals surface area contributed by atoms with Gasteiger partial charge < -0.3 is 15.3 Å². The molecular formula is C18H24N4O3. The summed E-state index contributed by atoms with van der Waals surface area (Å²) in [7, 11) is 1.81. The van der Waals surface area contributed by atoms with E-state index in [2.05, 4.69) is 22.2 Å². The van der Waals surface area contributed by atoms with E-state index in [0.717, 1.165) is 25.5 Å². The van der Waals surface area contributed by atoms with Crippen LogP contribution in [0.25, 0.3) is 0 Å². The van der Waals surface area contributed by atoms with Crippen LogP contribution in [-0.4, -0.2) is 39.5 Å².